The molecule has 1 aliphatic carbocycles. The van der Waals surface area contributed by atoms with Gasteiger partial charge in [-0.3, -0.25) is 0 Å². The first-order valence-corrected chi connectivity index (χ1v) is 3.77. The number of aliphatic hydroxyl groups excluding tert-OH is 1. The van der Waals surface area contributed by atoms with Crippen LogP contribution in [-0.2, 0) is 0 Å². The molecule has 1 heteroatoms. The summed E-state index contributed by atoms with van der Waals surface area (Å²) >= 11 is 0. The number of rotatable bonds is 2. The highest BCUT2D eigenvalue weighted by Gasteiger charge is 2.32. The molecule has 1 N–H and O–H groups in total. The summed E-state index contributed by atoms with van der Waals surface area (Å²) < 4.78 is 0. The van der Waals surface area contributed by atoms with Gasteiger partial charge in [-0.2, -0.15) is 0 Å². The normalized spacial score (nSPS) is 21.7. The van der Waals surface area contributed by atoms with Crippen molar-refractivity contribution in [2.45, 2.75) is 33.1 Å². The first kappa shape index (κ1) is 7.07. The minimum Gasteiger partial charge on any atom is -0.396 e. The first-order chi connectivity index (χ1) is 4.17. The van der Waals surface area contributed by atoms with Crippen molar-refractivity contribution in [2.75, 3.05) is 6.61 Å². The van der Waals surface area contributed by atoms with Gasteiger partial charge in [0.05, 0.1) is 0 Å². The summed E-state index contributed by atoms with van der Waals surface area (Å²) in [4.78, 5) is 0. The van der Waals surface area contributed by atoms with E-state index in [1.165, 1.54) is 19.3 Å². The third kappa shape index (κ3) is 1.26. The second-order valence-electron chi connectivity index (χ2n) is 3.77. The van der Waals surface area contributed by atoms with E-state index in [9.17, 15) is 0 Å². The van der Waals surface area contributed by atoms with Crippen LogP contribution in [-0.4, -0.2) is 11.7 Å². The minimum absolute atomic E-state index is 0.193. The van der Waals surface area contributed by atoms with Gasteiger partial charge < -0.3 is 5.11 Å². The Balaban J connectivity index is 2.37. The van der Waals surface area contributed by atoms with Crippen molar-refractivity contribution in [1.29, 1.82) is 0 Å². The molecule has 0 aromatic rings. The maximum absolute atomic E-state index is 8.93. The van der Waals surface area contributed by atoms with Crippen LogP contribution < -0.4 is 0 Å². The Labute approximate surface area is 57.1 Å². The number of hydrogen-bond donors (Lipinski definition) is 1. The van der Waals surface area contributed by atoms with E-state index in [0.717, 1.165) is 5.92 Å². The summed E-state index contributed by atoms with van der Waals surface area (Å²) in [5.41, 5.74) is 0.193. The molecule has 0 aromatic heterocycles. The predicted molar refractivity (Wildman–Crippen MR) is 38.2 cm³/mol. The molecule has 0 radical (unpaired) electrons. The van der Waals surface area contributed by atoms with E-state index >= 15 is 0 Å². The van der Waals surface area contributed by atoms with Crippen LogP contribution in [0, 0.1) is 11.3 Å². The fraction of sp³-hybridized carbons (Fsp3) is 1.00. The summed E-state index contributed by atoms with van der Waals surface area (Å²) in [6, 6.07) is 0. The second-order valence-corrected chi connectivity index (χ2v) is 3.77. The Morgan fingerprint density at radius 2 is 2.00 bits per heavy atom. The minimum atomic E-state index is 0.193. The van der Waals surface area contributed by atoms with Crippen molar-refractivity contribution >= 4 is 0 Å². The molecule has 1 nitrogen and oxygen atoms in total. The van der Waals surface area contributed by atoms with Crippen LogP contribution in [0.4, 0.5) is 0 Å². The van der Waals surface area contributed by atoms with Crippen molar-refractivity contribution in [2.24, 2.45) is 11.3 Å². The molecule has 0 heterocycles. The molecule has 0 aliphatic heterocycles. The lowest BCUT2D eigenvalue weighted by molar-refractivity contribution is 0.0506. The zero-order valence-corrected chi connectivity index (χ0v) is 6.35. The van der Waals surface area contributed by atoms with Crippen molar-refractivity contribution < 1.29 is 5.11 Å². The van der Waals surface area contributed by atoms with E-state index in [2.05, 4.69) is 13.8 Å². The summed E-state index contributed by atoms with van der Waals surface area (Å²) in [6.07, 6.45) is 4.02. The molecule has 0 saturated heterocycles. The zero-order chi connectivity index (χ0) is 6.91. The summed E-state index contributed by atoms with van der Waals surface area (Å²) in [6.45, 7) is 4.64. The fourth-order valence-corrected chi connectivity index (χ4v) is 1.32. The van der Waals surface area contributed by atoms with Crippen LogP contribution in [0.15, 0.2) is 0 Å². The van der Waals surface area contributed by atoms with Crippen molar-refractivity contribution in [3.63, 3.8) is 0 Å². The van der Waals surface area contributed by atoms with Crippen molar-refractivity contribution in [3.8, 4) is 0 Å². The highest BCUT2D eigenvalue weighted by Crippen LogP contribution is 2.40. The molecule has 0 amide bonds. The van der Waals surface area contributed by atoms with Crippen LogP contribution >= 0.6 is 0 Å². The second kappa shape index (κ2) is 2.30. The van der Waals surface area contributed by atoms with E-state index in [0.29, 0.717) is 6.61 Å². The SMILES string of the molecule is CC(C)(CO)C1CCC1. The average molecular weight is 128 g/mol. The third-order valence-corrected chi connectivity index (χ3v) is 2.62. The highest BCUT2D eigenvalue weighted by molar-refractivity contribution is 4.83. The molecule has 1 saturated carbocycles. The van der Waals surface area contributed by atoms with Gasteiger partial charge in [0.2, 0.25) is 0 Å². The third-order valence-electron chi connectivity index (χ3n) is 2.62. The Morgan fingerprint density at radius 1 is 1.44 bits per heavy atom. The average Bonchev–Trinajstić information content (AvgIpc) is 1.60. The molecule has 1 fully saturated rings. The predicted octanol–water partition coefficient (Wildman–Crippen LogP) is 1.80. The van der Waals surface area contributed by atoms with Gasteiger partial charge >= 0.3 is 0 Å². The van der Waals surface area contributed by atoms with Gasteiger partial charge in [-0.15, -0.1) is 0 Å². The molecule has 9 heavy (non-hydrogen) atoms. The lowest BCUT2D eigenvalue weighted by Gasteiger charge is -2.38. The van der Waals surface area contributed by atoms with Gasteiger partial charge in [0.15, 0.2) is 0 Å². The standard InChI is InChI=1S/C8H16O/c1-8(2,6-9)7-4-3-5-7/h7,9H,3-6H2,1-2H3. The van der Waals surface area contributed by atoms with E-state index < -0.39 is 0 Å². The maximum Gasteiger partial charge on any atom is 0.0484 e. The largest absolute Gasteiger partial charge is 0.396 e. The van der Waals surface area contributed by atoms with Crippen molar-refractivity contribution in [1.82, 2.24) is 0 Å². The molecule has 0 spiro atoms. The summed E-state index contributed by atoms with van der Waals surface area (Å²) in [7, 11) is 0. The topological polar surface area (TPSA) is 20.2 Å². The summed E-state index contributed by atoms with van der Waals surface area (Å²) in [5.74, 6) is 0.794. The van der Waals surface area contributed by atoms with E-state index in [4.69, 9.17) is 5.11 Å². The molecular weight excluding hydrogens is 112 g/mol. The molecule has 1 rings (SSSR count). The molecular formula is C8H16O. The van der Waals surface area contributed by atoms with Gasteiger partial charge in [-0.25, -0.2) is 0 Å². The van der Waals surface area contributed by atoms with Crippen LogP contribution in [0.3, 0.4) is 0 Å². The van der Waals surface area contributed by atoms with Crippen LogP contribution in [0.25, 0.3) is 0 Å². The van der Waals surface area contributed by atoms with E-state index in [1.54, 1.807) is 0 Å². The van der Waals surface area contributed by atoms with Crippen LogP contribution in [0.5, 0.6) is 0 Å². The maximum atomic E-state index is 8.93. The Bertz CT molecular complexity index is 92.7. The number of aliphatic hydroxyl groups is 1. The van der Waals surface area contributed by atoms with Gasteiger partial charge in [0.1, 0.15) is 0 Å². The van der Waals surface area contributed by atoms with Gasteiger partial charge in [0.25, 0.3) is 0 Å². The molecule has 1 aliphatic rings. The van der Waals surface area contributed by atoms with E-state index in [-0.39, 0.29) is 5.41 Å². The van der Waals surface area contributed by atoms with Crippen molar-refractivity contribution in [3.05, 3.63) is 0 Å². The molecule has 0 bridgehead atoms. The number of hydrogen-bond acceptors (Lipinski definition) is 1. The molecule has 0 unspecified atom stereocenters. The van der Waals surface area contributed by atoms with Crippen LogP contribution in [0.1, 0.15) is 33.1 Å². The highest BCUT2D eigenvalue weighted by atomic mass is 16.3. The van der Waals surface area contributed by atoms with Crippen LogP contribution in [0.2, 0.25) is 0 Å². The molecule has 0 atom stereocenters. The smallest absolute Gasteiger partial charge is 0.0484 e. The quantitative estimate of drug-likeness (QED) is 0.601. The Morgan fingerprint density at radius 3 is 2.11 bits per heavy atom. The lowest BCUT2D eigenvalue weighted by atomic mass is 9.68. The fourth-order valence-electron chi connectivity index (χ4n) is 1.32. The lowest BCUT2D eigenvalue weighted by Crippen LogP contribution is -2.32. The van der Waals surface area contributed by atoms with Gasteiger partial charge in [0, 0.05) is 6.61 Å². The molecule has 0 aromatic carbocycles. The zero-order valence-electron chi connectivity index (χ0n) is 6.35. The monoisotopic (exact) mass is 128 g/mol. The van der Waals surface area contributed by atoms with Gasteiger partial charge in [-0.1, -0.05) is 20.3 Å². The van der Waals surface area contributed by atoms with E-state index in [1.807, 2.05) is 0 Å². The van der Waals surface area contributed by atoms with Gasteiger partial charge in [-0.05, 0) is 24.2 Å². The summed E-state index contributed by atoms with van der Waals surface area (Å²) in [5, 5.41) is 8.93. The first-order valence-electron chi connectivity index (χ1n) is 3.77. The Hall–Kier alpha value is -0.0400. The molecule has 54 valence electrons. The Kier molecular flexibility index (Phi) is 1.80.